The Kier molecular flexibility index (Phi) is 6.18. The van der Waals surface area contributed by atoms with Gasteiger partial charge in [-0.05, 0) is 55.5 Å². The molecule has 0 fully saturated rings. The molecule has 1 aromatic heterocycles. The van der Waals surface area contributed by atoms with E-state index in [0.29, 0.717) is 21.4 Å². The summed E-state index contributed by atoms with van der Waals surface area (Å²) in [6.45, 7) is 2.01. The zero-order chi connectivity index (χ0) is 19.9. The number of carbonyl (C=O) groups excluding carboxylic acids is 2. The first-order chi connectivity index (χ1) is 13.6. The van der Waals surface area contributed by atoms with Gasteiger partial charge in [-0.25, -0.2) is 4.79 Å². The first kappa shape index (κ1) is 19.3. The van der Waals surface area contributed by atoms with Crippen molar-refractivity contribution in [1.82, 2.24) is 10.2 Å². The minimum Gasteiger partial charge on any atom is -0.497 e. The Balaban J connectivity index is 1.63. The van der Waals surface area contributed by atoms with Crippen LogP contribution in [-0.4, -0.2) is 35.9 Å². The highest BCUT2D eigenvalue weighted by atomic mass is 32.1. The van der Waals surface area contributed by atoms with Crippen molar-refractivity contribution in [3.05, 3.63) is 54.1 Å². The van der Waals surface area contributed by atoms with Crippen molar-refractivity contribution in [3.63, 3.8) is 0 Å². The Morgan fingerprint density at radius 3 is 2.36 bits per heavy atom. The molecule has 0 saturated heterocycles. The number of anilines is 2. The van der Waals surface area contributed by atoms with Crippen LogP contribution in [-0.2, 0) is 4.74 Å². The average Bonchev–Trinajstić information content (AvgIpc) is 3.17. The third-order valence-electron chi connectivity index (χ3n) is 3.65. The topological polar surface area (TPSA) is 102 Å². The number of hydrogen-bond acceptors (Lipinski definition) is 7. The van der Waals surface area contributed by atoms with Gasteiger partial charge in [-0.1, -0.05) is 11.3 Å². The smallest absolute Gasteiger partial charge is 0.411 e. The second-order valence-corrected chi connectivity index (χ2v) is 6.50. The van der Waals surface area contributed by atoms with Crippen LogP contribution in [0.25, 0.3) is 10.6 Å². The SMILES string of the molecule is CCOC(=O)Nc1ccc(C(=O)Nc2nnc(-c3ccc(OC)cc3)s2)cc1. The average molecular weight is 398 g/mol. The molecule has 0 unspecified atom stereocenters. The number of carbonyl (C=O) groups is 2. The van der Waals surface area contributed by atoms with Crippen molar-refractivity contribution in [2.75, 3.05) is 24.4 Å². The van der Waals surface area contributed by atoms with Crippen molar-refractivity contribution in [1.29, 1.82) is 0 Å². The number of aromatic nitrogens is 2. The van der Waals surface area contributed by atoms with Gasteiger partial charge in [0.25, 0.3) is 5.91 Å². The van der Waals surface area contributed by atoms with Crippen molar-refractivity contribution in [2.24, 2.45) is 0 Å². The first-order valence-corrected chi connectivity index (χ1v) is 9.24. The van der Waals surface area contributed by atoms with Crippen LogP contribution in [0.3, 0.4) is 0 Å². The fraction of sp³-hybridized carbons (Fsp3) is 0.158. The Labute approximate surface area is 165 Å². The standard InChI is InChI=1S/C19H18N4O4S/c1-3-27-19(25)20-14-8-4-12(5-9-14)16(24)21-18-23-22-17(28-18)13-6-10-15(26-2)11-7-13/h4-11H,3H2,1-2H3,(H,20,25)(H,21,23,24). The van der Waals surface area contributed by atoms with Crippen LogP contribution in [0.1, 0.15) is 17.3 Å². The number of benzene rings is 2. The molecular formula is C19H18N4O4S. The maximum atomic E-state index is 12.4. The number of hydrogen-bond donors (Lipinski definition) is 2. The van der Waals surface area contributed by atoms with Crippen molar-refractivity contribution < 1.29 is 19.1 Å². The van der Waals surface area contributed by atoms with Gasteiger partial charge in [0.1, 0.15) is 10.8 Å². The van der Waals surface area contributed by atoms with Gasteiger partial charge in [0.05, 0.1) is 13.7 Å². The summed E-state index contributed by atoms with van der Waals surface area (Å²) in [6, 6.07) is 13.9. The molecule has 3 aromatic rings. The molecule has 0 saturated carbocycles. The predicted octanol–water partition coefficient (Wildman–Crippen LogP) is 4.03. The molecule has 0 radical (unpaired) electrons. The summed E-state index contributed by atoms with van der Waals surface area (Å²) in [4.78, 5) is 23.8. The predicted molar refractivity (Wildman–Crippen MR) is 107 cm³/mol. The van der Waals surface area contributed by atoms with Crippen molar-refractivity contribution in [3.8, 4) is 16.3 Å². The molecule has 28 heavy (non-hydrogen) atoms. The van der Waals surface area contributed by atoms with Gasteiger partial charge < -0.3 is 9.47 Å². The molecule has 0 aliphatic carbocycles. The third-order valence-corrected chi connectivity index (χ3v) is 4.54. The molecular weight excluding hydrogens is 380 g/mol. The number of nitrogens with zero attached hydrogens (tertiary/aromatic N) is 2. The normalized spacial score (nSPS) is 10.2. The summed E-state index contributed by atoms with van der Waals surface area (Å²) in [5.74, 6) is 0.433. The van der Waals surface area contributed by atoms with E-state index >= 15 is 0 Å². The Bertz CT molecular complexity index is 955. The van der Waals surface area contributed by atoms with E-state index in [1.54, 1.807) is 38.3 Å². The van der Waals surface area contributed by atoms with E-state index in [9.17, 15) is 9.59 Å². The zero-order valence-corrected chi connectivity index (χ0v) is 16.1. The number of rotatable bonds is 6. The lowest BCUT2D eigenvalue weighted by Crippen LogP contribution is -2.14. The monoisotopic (exact) mass is 398 g/mol. The quantitative estimate of drug-likeness (QED) is 0.650. The highest BCUT2D eigenvalue weighted by Gasteiger charge is 2.12. The van der Waals surface area contributed by atoms with Crippen LogP contribution in [0, 0.1) is 0 Å². The highest BCUT2D eigenvalue weighted by Crippen LogP contribution is 2.28. The fourth-order valence-corrected chi connectivity index (χ4v) is 3.03. The molecule has 0 aliphatic heterocycles. The fourth-order valence-electron chi connectivity index (χ4n) is 2.28. The van der Waals surface area contributed by atoms with Crippen molar-refractivity contribution >= 4 is 34.2 Å². The lowest BCUT2D eigenvalue weighted by atomic mass is 10.2. The molecule has 0 spiro atoms. The molecule has 0 atom stereocenters. The van der Waals surface area contributed by atoms with Gasteiger partial charge in [-0.15, -0.1) is 10.2 Å². The van der Waals surface area contributed by atoms with E-state index in [4.69, 9.17) is 9.47 Å². The van der Waals surface area contributed by atoms with E-state index in [-0.39, 0.29) is 12.5 Å². The summed E-state index contributed by atoms with van der Waals surface area (Å²) in [5.41, 5.74) is 1.84. The molecule has 144 valence electrons. The van der Waals surface area contributed by atoms with Gasteiger partial charge >= 0.3 is 6.09 Å². The van der Waals surface area contributed by atoms with Gasteiger partial charge in [-0.2, -0.15) is 0 Å². The first-order valence-electron chi connectivity index (χ1n) is 8.42. The molecule has 8 nitrogen and oxygen atoms in total. The molecule has 9 heteroatoms. The summed E-state index contributed by atoms with van der Waals surface area (Å²) in [6.07, 6.45) is -0.542. The van der Waals surface area contributed by atoms with Crippen LogP contribution >= 0.6 is 11.3 Å². The lowest BCUT2D eigenvalue weighted by molar-refractivity contribution is 0.102. The van der Waals surface area contributed by atoms with Gasteiger partial charge in [0.2, 0.25) is 5.13 Å². The van der Waals surface area contributed by atoms with Crippen LogP contribution in [0.2, 0.25) is 0 Å². The van der Waals surface area contributed by atoms with Crippen LogP contribution in [0.4, 0.5) is 15.6 Å². The number of amides is 2. The Morgan fingerprint density at radius 1 is 1.00 bits per heavy atom. The molecule has 1 heterocycles. The van der Waals surface area contributed by atoms with E-state index in [1.807, 2.05) is 24.3 Å². The molecule has 2 N–H and O–H groups in total. The maximum absolute atomic E-state index is 12.4. The van der Waals surface area contributed by atoms with E-state index in [0.717, 1.165) is 11.3 Å². The second kappa shape index (κ2) is 8.96. The Morgan fingerprint density at radius 2 is 1.71 bits per heavy atom. The van der Waals surface area contributed by atoms with Crippen molar-refractivity contribution in [2.45, 2.75) is 6.92 Å². The molecule has 0 bridgehead atoms. The van der Waals surface area contributed by atoms with E-state index in [1.165, 1.54) is 11.3 Å². The minimum absolute atomic E-state index is 0.284. The lowest BCUT2D eigenvalue weighted by Gasteiger charge is -2.06. The Hall–Kier alpha value is -3.46. The van der Waals surface area contributed by atoms with Crippen LogP contribution in [0.5, 0.6) is 5.75 Å². The number of nitrogens with one attached hydrogen (secondary N) is 2. The zero-order valence-electron chi connectivity index (χ0n) is 15.3. The number of ether oxygens (including phenoxy) is 2. The summed E-state index contributed by atoms with van der Waals surface area (Å²) >= 11 is 1.27. The van der Waals surface area contributed by atoms with Crippen LogP contribution in [0.15, 0.2) is 48.5 Å². The third kappa shape index (κ3) is 4.83. The van der Waals surface area contributed by atoms with Gasteiger partial charge in [0, 0.05) is 16.8 Å². The highest BCUT2D eigenvalue weighted by molar-refractivity contribution is 7.18. The van der Waals surface area contributed by atoms with Gasteiger partial charge in [0.15, 0.2) is 0 Å². The maximum Gasteiger partial charge on any atom is 0.411 e. The molecule has 0 aliphatic rings. The number of methoxy groups -OCH3 is 1. The largest absolute Gasteiger partial charge is 0.497 e. The molecule has 2 amide bonds. The van der Waals surface area contributed by atoms with E-state index in [2.05, 4.69) is 20.8 Å². The minimum atomic E-state index is -0.542. The van der Waals surface area contributed by atoms with Gasteiger partial charge in [-0.3, -0.25) is 15.4 Å². The summed E-state index contributed by atoms with van der Waals surface area (Å²) < 4.78 is 9.94. The summed E-state index contributed by atoms with van der Waals surface area (Å²) in [5, 5.41) is 14.5. The molecule has 3 rings (SSSR count). The van der Waals surface area contributed by atoms with E-state index < -0.39 is 6.09 Å². The summed E-state index contributed by atoms with van der Waals surface area (Å²) in [7, 11) is 1.60. The second-order valence-electron chi connectivity index (χ2n) is 5.52. The van der Waals surface area contributed by atoms with Crippen LogP contribution < -0.4 is 15.4 Å². The molecule has 2 aromatic carbocycles.